The molecule has 1 amide bonds. The quantitative estimate of drug-likeness (QED) is 0.916. The Balaban J connectivity index is 1.64. The second-order valence-corrected chi connectivity index (χ2v) is 6.72. The lowest BCUT2D eigenvalue weighted by Crippen LogP contribution is -2.50. The van der Waals surface area contributed by atoms with Crippen molar-refractivity contribution >= 4 is 11.9 Å². The second kappa shape index (κ2) is 7.30. The summed E-state index contributed by atoms with van der Waals surface area (Å²) in [6, 6.07) is 6.17. The number of piperidine rings is 1. The van der Waals surface area contributed by atoms with E-state index < -0.39 is 11.9 Å². The van der Waals surface area contributed by atoms with Gasteiger partial charge in [-0.1, -0.05) is 12.1 Å². The Bertz CT molecular complexity index is 605. The molecule has 2 atom stereocenters. The Labute approximate surface area is 141 Å². The third kappa shape index (κ3) is 3.75. The Hall–Kier alpha value is -1.95. The lowest BCUT2D eigenvalue weighted by Gasteiger charge is -2.35. The summed E-state index contributed by atoms with van der Waals surface area (Å²) in [5, 5.41) is 9.19. The molecule has 2 aliphatic heterocycles. The molecule has 5 nitrogen and oxygen atoms in total. The van der Waals surface area contributed by atoms with Crippen LogP contribution < -0.4 is 0 Å². The predicted molar refractivity (Wildman–Crippen MR) is 86.8 cm³/mol. The molecule has 2 heterocycles. The number of carbonyl (C=O) groups excluding carboxylic acids is 1. The van der Waals surface area contributed by atoms with Gasteiger partial charge in [0.25, 0.3) is 0 Å². The fourth-order valence-corrected chi connectivity index (χ4v) is 3.71. The zero-order valence-electron chi connectivity index (χ0n) is 13.7. The zero-order valence-corrected chi connectivity index (χ0v) is 13.7. The van der Waals surface area contributed by atoms with Crippen molar-refractivity contribution in [3.63, 3.8) is 0 Å². The van der Waals surface area contributed by atoms with Gasteiger partial charge in [-0.2, -0.15) is 0 Å². The number of carboxylic acid groups (broad SMARTS) is 1. The van der Waals surface area contributed by atoms with Gasteiger partial charge in [0.1, 0.15) is 5.82 Å². The molecule has 1 N–H and O–H groups in total. The van der Waals surface area contributed by atoms with Crippen molar-refractivity contribution in [1.82, 2.24) is 9.80 Å². The summed E-state index contributed by atoms with van der Waals surface area (Å²) < 4.78 is 13.0. The molecule has 2 aliphatic rings. The van der Waals surface area contributed by atoms with Crippen LogP contribution >= 0.6 is 0 Å². The maximum absolute atomic E-state index is 13.0. The number of amides is 1. The number of carbonyl (C=O) groups is 2. The third-order valence-electron chi connectivity index (χ3n) is 5.03. The summed E-state index contributed by atoms with van der Waals surface area (Å²) >= 11 is 0. The minimum atomic E-state index is -0.818. The number of hydrogen-bond donors (Lipinski definition) is 1. The molecule has 1 aromatic rings. The van der Waals surface area contributed by atoms with Gasteiger partial charge in [0.15, 0.2) is 0 Å². The van der Waals surface area contributed by atoms with Crippen LogP contribution in [0.15, 0.2) is 24.3 Å². The standard InChI is InChI=1S/C18H23FN2O3/c19-15-7-5-13(6-8-15)11-20-9-2-4-16(20)17(22)21-10-1-3-14(12-21)18(23)24/h5-8,14,16H,1-4,9-12H2,(H,23,24). The van der Waals surface area contributed by atoms with Crippen molar-refractivity contribution in [3.8, 4) is 0 Å². The topological polar surface area (TPSA) is 60.9 Å². The van der Waals surface area contributed by atoms with Crippen LogP contribution in [0.1, 0.15) is 31.2 Å². The van der Waals surface area contributed by atoms with E-state index in [9.17, 15) is 19.1 Å². The second-order valence-electron chi connectivity index (χ2n) is 6.72. The largest absolute Gasteiger partial charge is 0.481 e. The summed E-state index contributed by atoms with van der Waals surface area (Å²) in [6.07, 6.45) is 3.14. The summed E-state index contributed by atoms with van der Waals surface area (Å²) in [4.78, 5) is 27.9. The smallest absolute Gasteiger partial charge is 0.308 e. The van der Waals surface area contributed by atoms with E-state index in [1.807, 2.05) is 0 Å². The van der Waals surface area contributed by atoms with E-state index in [0.717, 1.165) is 31.4 Å². The number of rotatable bonds is 4. The van der Waals surface area contributed by atoms with Gasteiger partial charge in [-0.15, -0.1) is 0 Å². The van der Waals surface area contributed by atoms with E-state index >= 15 is 0 Å². The minimum Gasteiger partial charge on any atom is -0.481 e. The van der Waals surface area contributed by atoms with Crippen molar-refractivity contribution in [2.45, 2.75) is 38.3 Å². The fraction of sp³-hybridized carbons (Fsp3) is 0.556. The first kappa shape index (κ1) is 16.9. The molecule has 3 rings (SSSR count). The molecular formula is C18H23FN2O3. The molecule has 24 heavy (non-hydrogen) atoms. The van der Waals surface area contributed by atoms with Crippen LogP contribution in [0.5, 0.6) is 0 Å². The highest BCUT2D eigenvalue weighted by Crippen LogP contribution is 2.25. The molecule has 0 aromatic heterocycles. The van der Waals surface area contributed by atoms with Crippen LogP contribution in [0.2, 0.25) is 0 Å². The summed E-state index contributed by atoms with van der Waals surface area (Å²) in [5.74, 6) is -1.49. The van der Waals surface area contributed by atoms with Gasteiger partial charge in [0.2, 0.25) is 5.91 Å². The minimum absolute atomic E-state index is 0.0422. The number of hydrogen-bond acceptors (Lipinski definition) is 3. The lowest BCUT2D eigenvalue weighted by atomic mass is 9.97. The van der Waals surface area contributed by atoms with Crippen LogP contribution in [0.3, 0.4) is 0 Å². The molecule has 0 aliphatic carbocycles. The number of carboxylic acids is 1. The molecule has 2 fully saturated rings. The van der Waals surface area contributed by atoms with Gasteiger partial charge < -0.3 is 10.0 Å². The van der Waals surface area contributed by atoms with Gasteiger partial charge >= 0.3 is 5.97 Å². The number of aliphatic carboxylic acids is 1. The highest BCUT2D eigenvalue weighted by molar-refractivity contribution is 5.83. The van der Waals surface area contributed by atoms with Crippen LogP contribution in [0, 0.1) is 11.7 Å². The third-order valence-corrected chi connectivity index (χ3v) is 5.03. The maximum Gasteiger partial charge on any atom is 0.308 e. The molecule has 6 heteroatoms. The van der Waals surface area contributed by atoms with E-state index in [1.165, 1.54) is 12.1 Å². The van der Waals surface area contributed by atoms with Crippen molar-refractivity contribution in [1.29, 1.82) is 0 Å². The molecule has 0 saturated carbocycles. The first-order chi connectivity index (χ1) is 11.5. The molecule has 130 valence electrons. The number of nitrogens with zero attached hydrogens (tertiary/aromatic N) is 2. The molecule has 0 radical (unpaired) electrons. The number of likely N-dealkylation sites (tertiary alicyclic amines) is 2. The Morgan fingerprint density at radius 1 is 1.12 bits per heavy atom. The van der Waals surface area contributed by atoms with E-state index in [1.54, 1.807) is 17.0 Å². The Morgan fingerprint density at radius 3 is 2.54 bits per heavy atom. The van der Waals surface area contributed by atoms with Gasteiger partial charge in [-0.25, -0.2) is 4.39 Å². The zero-order chi connectivity index (χ0) is 17.1. The average molecular weight is 334 g/mol. The van der Waals surface area contributed by atoms with Gasteiger partial charge in [-0.05, 0) is 49.9 Å². The van der Waals surface area contributed by atoms with E-state index in [-0.39, 0.29) is 17.8 Å². The molecule has 1 aromatic carbocycles. The average Bonchev–Trinajstić information content (AvgIpc) is 3.04. The van der Waals surface area contributed by atoms with E-state index in [4.69, 9.17) is 0 Å². The van der Waals surface area contributed by atoms with Crippen LogP contribution in [-0.4, -0.2) is 52.5 Å². The number of benzene rings is 1. The molecule has 2 saturated heterocycles. The molecule has 0 bridgehead atoms. The first-order valence-electron chi connectivity index (χ1n) is 8.54. The SMILES string of the molecule is O=C(O)C1CCCN(C(=O)C2CCCN2Cc2ccc(F)cc2)C1. The van der Waals surface area contributed by atoms with Crippen molar-refractivity contribution in [2.24, 2.45) is 5.92 Å². The normalized spacial score (nSPS) is 25.0. The lowest BCUT2D eigenvalue weighted by molar-refractivity contribution is -0.147. The Morgan fingerprint density at radius 2 is 1.83 bits per heavy atom. The highest BCUT2D eigenvalue weighted by Gasteiger charge is 2.36. The Kier molecular flexibility index (Phi) is 5.14. The summed E-state index contributed by atoms with van der Waals surface area (Å²) in [6.45, 7) is 2.41. The monoisotopic (exact) mass is 334 g/mol. The van der Waals surface area contributed by atoms with Crippen molar-refractivity contribution in [3.05, 3.63) is 35.6 Å². The van der Waals surface area contributed by atoms with Crippen LogP contribution in [0.4, 0.5) is 4.39 Å². The maximum atomic E-state index is 13.0. The molecule has 2 unspecified atom stereocenters. The van der Waals surface area contributed by atoms with Crippen molar-refractivity contribution in [2.75, 3.05) is 19.6 Å². The van der Waals surface area contributed by atoms with Crippen LogP contribution in [0.25, 0.3) is 0 Å². The van der Waals surface area contributed by atoms with Gasteiger partial charge in [0.05, 0.1) is 12.0 Å². The predicted octanol–water partition coefficient (Wildman–Crippen LogP) is 2.11. The van der Waals surface area contributed by atoms with Gasteiger partial charge in [0, 0.05) is 19.6 Å². The fourth-order valence-electron chi connectivity index (χ4n) is 3.71. The molecular weight excluding hydrogens is 311 g/mol. The number of halogens is 1. The van der Waals surface area contributed by atoms with Gasteiger partial charge in [-0.3, -0.25) is 14.5 Å². The molecule has 0 spiro atoms. The van der Waals surface area contributed by atoms with Crippen LogP contribution in [-0.2, 0) is 16.1 Å². The van der Waals surface area contributed by atoms with E-state index in [0.29, 0.717) is 26.1 Å². The van der Waals surface area contributed by atoms with E-state index in [2.05, 4.69) is 4.90 Å². The highest BCUT2D eigenvalue weighted by atomic mass is 19.1. The first-order valence-corrected chi connectivity index (χ1v) is 8.54. The van der Waals surface area contributed by atoms with Crippen molar-refractivity contribution < 1.29 is 19.1 Å². The summed E-state index contributed by atoms with van der Waals surface area (Å²) in [5.41, 5.74) is 0.984. The summed E-state index contributed by atoms with van der Waals surface area (Å²) in [7, 11) is 0.